The molecule has 2 aromatic rings. The lowest BCUT2D eigenvalue weighted by molar-refractivity contribution is 0.831. The summed E-state index contributed by atoms with van der Waals surface area (Å²) in [6.45, 7) is 6.20. The van der Waals surface area contributed by atoms with E-state index >= 15 is 0 Å². The quantitative estimate of drug-likeness (QED) is 0.662. The highest BCUT2D eigenvalue weighted by atomic mass is 15.2. The van der Waals surface area contributed by atoms with E-state index in [1.165, 1.54) is 0 Å². The normalized spacial score (nSPS) is 11.4. The van der Waals surface area contributed by atoms with Crippen LogP contribution in [0.4, 0.5) is 0 Å². The van der Waals surface area contributed by atoms with E-state index in [1.54, 1.807) is 12.5 Å². The SMILES string of the molecule is Cc1cnnc2c(C(C)C)ncn12. The summed E-state index contributed by atoms with van der Waals surface area (Å²) in [5.41, 5.74) is 2.94. The summed E-state index contributed by atoms with van der Waals surface area (Å²) in [5.74, 6) is 0.390. The zero-order valence-corrected chi connectivity index (χ0v) is 8.02. The lowest BCUT2D eigenvalue weighted by atomic mass is 10.1. The first-order valence-electron chi connectivity index (χ1n) is 4.35. The fourth-order valence-electron chi connectivity index (χ4n) is 1.35. The van der Waals surface area contributed by atoms with Crippen molar-refractivity contribution in [3.8, 4) is 0 Å². The molecule has 0 fully saturated rings. The van der Waals surface area contributed by atoms with Crippen LogP contribution in [0, 0.1) is 6.92 Å². The molecule has 68 valence electrons. The minimum absolute atomic E-state index is 0.390. The Hall–Kier alpha value is -1.45. The molecule has 2 heterocycles. The van der Waals surface area contributed by atoms with Crippen LogP contribution in [0.25, 0.3) is 5.65 Å². The molecule has 2 rings (SSSR count). The molecular formula is C9H12N4. The predicted octanol–water partition coefficient (Wildman–Crippen LogP) is 1.56. The van der Waals surface area contributed by atoms with Gasteiger partial charge in [0, 0.05) is 5.69 Å². The molecule has 13 heavy (non-hydrogen) atoms. The molecule has 0 spiro atoms. The van der Waals surface area contributed by atoms with E-state index in [-0.39, 0.29) is 0 Å². The van der Waals surface area contributed by atoms with Gasteiger partial charge in [-0.25, -0.2) is 4.98 Å². The van der Waals surface area contributed by atoms with Crippen molar-refractivity contribution in [2.75, 3.05) is 0 Å². The number of fused-ring (bicyclic) bond motifs is 1. The van der Waals surface area contributed by atoms with Crippen LogP contribution in [0.3, 0.4) is 0 Å². The predicted molar refractivity (Wildman–Crippen MR) is 49.6 cm³/mol. The van der Waals surface area contributed by atoms with Crippen molar-refractivity contribution < 1.29 is 0 Å². The van der Waals surface area contributed by atoms with Crippen LogP contribution in [0.2, 0.25) is 0 Å². The van der Waals surface area contributed by atoms with E-state index in [4.69, 9.17) is 0 Å². The van der Waals surface area contributed by atoms with Gasteiger partial charge in [0.15, 0.2) is 5.65 Å². The molecule has 0 amide bonds. The average molecular weight is 176 g/mol. The van der Waals surface area contributed by atoms with Gasteiger partial charge in [0.25, 0.3) is 0 Å². The first-order chi connectivity index (χ1) is 6.20. The third kappa shape index (κ3) is 1.18. The maximum Gasteiger partial charge on any atom is 0.182 e. The molecule has 0 aliphatic carbocycles. The van der Waals surface area contributed by atoms with Crippen LogP contribution in [-0.2, 0) is 0 Å². The van der Waals surface area contributed by atoms with Crippen molar-refractivity contribution in [3.05, 3.63) is 23.9 Å². The molecule has 0 radical (unpaired) electrons. The van der Waals surface area contributed by atoms with Gasteiger partial charge in [-0.15, -0.1) is 5.10 Å². The number of aromatic nitrogens is 4. The Morgan fingerprint density at radius 1 is 1.38 bits per heavy atom. The highest BCUT2D eigenvalue weighted by Gasteiger charge is 2.10. The summed E-state index contributed by atoms with van der Waals surface area (Å²) in [6, 6.07) is 0. The van der Waals surface area contributed by atoms with Crippen LogP contribution in [0.1, 0.15) is 31.2 Å². The molecule has 0 aliphatic rings. The minimum atomic E-state index is 0.390. The third-order valence-electron chi connectivity index (χ3n) is 2.09. The lowest BCUT2D eigenvalue weighted by Crippen LogP contribution is -1.97. The zero-order valence-electron chi connectivity index (χ0n) is 8.02. The monoisotopic (exact) mass is 176 g/mol. The van der Waals surface area contributed by atoms with Gasteiger partial charge in [-0.05, 0) is 12.8 Å². The number of hydrogen-bond donors (Lipinski definition) is 0. The Bertz CT molecular complexity index is 430. The van der Waals surface area contributed by atoms with Crippen molar-refractivity contribution in [1.29, 1.82) is 0 Å². The molecule has 0 aliphatic heterocycles. The molecule has 4 heteroatoms. The van der Waals surface area contributed by atoms with Crippen LogP contribution in [0.5, 0.6) is 0 Å². The van der Waals surface area contributed by atoms with Crippen molar-refractivity contribution in [1.82, 2.24) is 19.6 Å². The number of imidazole rings is 1. The Morgan fingerprint density at radius 3 is 2.85 bits per heavy atom. The summed E-state index contributed by atoms with van der Waals surface area (Å²) < 4.78 is 1.96. The molecule has 0 N–H and O–H groups in total. The first kappa shape index (κ1) is 8.16. The molecule has 4 nitrogen and oxygen atoms in total. The molecule has 0 atom stereocenters. The summed E-state index contributed by atoms with van der Waals surface area (Å²) in [4.78, 5) is 4.32. The summed E-state index contributed by atoms with van der Waals surface area (Å²) in [7, 11) is 0. The fourth-order valence-corrected chi connectivity index (χ4v) is 1.35. The minimum Gasteiger partial charge on any atom is -0.285 e. The molecule has 0 aromatic carbocycles. The van der Waals surface area contributed by atoms with Gasteiger partial charge in [0.1, 0.15) is 6.33 Å². The Labute approximate surface area is 76.6 Å². The Kier molecular flexibility index (Phi) is 1.76. The van der Waals surface area contributed by atoms with Gasteiger partial charge in [0.2, 0.25) is 0 Å². The van der Waals surface area contributed by atoms with Crippen LogP contribution in [-0.4, -0.2) is 19.6 Å². The zero-order chi connectivity index (χ0) is 9.42. The van der Waals surface area contributed by atoms with Gasteiger partial charge in [-0.2, -0.15) is 5.10 Å². The van der Waals surface area contributed by atoms with Gasteiger partial charge in [0.05, 0.1) is 11.9 Å². The van der Waals surface area contributed by atoms with E-state index in [0.29, 0.717) is 5.92 Å². The third-order valence-corrected chi connectivity index (χ3v) is 2.09. The summed E-state index contributed by atoms with van der Waals surface area (Å²) >= 11 is 0. The summed E-state index contributed by atoms with van der Waals surface area (Å²) in [6.07, 6.45) is 3.54. The molecule has 0 saturated heterocycles. The Morgan fingerprint density at radius 2 is 2.15 bits per heavy atom. The number of aryl methyl sites for hydroxylation is 1. The molecule has 0 saturated carbocycles. The maximum atomic E-state index is 4.32. The van der Waals surface area contributed by atoms with Crippen LogP contribution in [0.15, 0.2) is 12.5 Å². The van der Waals surface area contributed by atoms with E-state index in [1.807, 2.05) is 11.3 Å². The van der Waals surface area contributed by atoms with Crippen molar-refractivity contribution in [2.24, 2.45) is 0 Å². The number of rotatable bonds is 1. The maximum absolute atomic E-state index is 4.32. The standard InChI is InChI=1S/C9H12N4/c1-6(2)8-9-12-11-4-7(3)13(9)5-10-8/h4-6H,1-3H3. The second kappa shape index (κ2) is 2.80. The van der Waals surface area contributed by atoms with Crippen molar-refractivity contribution in [2.45, 2.75) is 26.7 Å². The van der Waals surface area contributed by atoms with E-state index in [9.17, 15) is 0 Å². The smallest absolute Gasteiger partial charge is 0.182 e. The largest absolute Gasteiger partial charge is 0.285 e. The Balaban J connectivity index is 2.75. The molecule has 0 unspecified atom stereocenters. The second-order valence-corrected chi connectivity index (χ2v) is 3.46. The summed E-state index contributed by atoms with van der Waals surface area (Å²) in [5, 5.41) is 7.99. The first-order valence-corrected chi connectivity index (χ1v) is 4.35. The number of hydrogen-bond acceptors (Lipinski definition) is 3. The van der Waals surface area contributed by atoms with Gasteiger partial charge in [-0.1, -0.05) is 13.8 Å². The van der Waals surface area contributed by atoms with Gasteiger partial charge < -0.3 is 0 Å². The van der Waals surface area contributed by atoms with E-state index < -0.39 is 0 Å². The van der Waals surface area contributed by atoms with Gasteiger partial charge in [-0.3, -0.25) is 4.40 Å². The molecular weight excluding hydrogens is 164 g/mol. The van der Waals surface area contributed by atoms with Crippen LogP contribution < -0.4 is 0 Å². The van der Waals surface area contributed by atoms with Crippen LogP contribution >= 0.6 is 0 Å². The number of nitrogens with zero attached hydrogens (tertiary/aromatic N) is 4. The van der Waals surface area contributed by atoms with Gasteiger partial charge >= 0.3 is 0 Å². The fraction of sp³-hybridized carbons (Fsp3) is 0.444. The van der Waals surface area contributed by atoms with E-state index in [0.717, 1.165) is 17.0 Å². The lowest BCUT2D eigenvalue weighted by Gasteiger charge is -2.00. The average Bonchev–Trinajstić information content (AvgIpc) is 2.48. The molecule has 2 aromatic heterocycles. The molecule has 0 bridgehead atoms. The topological polar surface area (TPSA) is 43.1 Å². The highest BCUT2D eigenvalue weighted by molar-refractivity contribution is 5.45. The second-order valence-electron chi connectivity index (χ2n) is 3.46. The van der Waals surface area contributed by atoms with E-state index in [2.05, 4.69) is 29.0 Å². The van der Waals surface area contributed by atoms with Crippen molar-refractivity contribution in [3.63, 3.8) is 0 Å². The van der Waals surface area contributed by atoms with Crippen molar-refractivity contribution >= 4 is 5.65 Å². The highest BCUT2D eigenvalue weighted by Crippen LogP contribution is 2.16.